The highest BCUT2D eigenvalue weighted by Crippen LogP contribution is 2.22. The lowest BCUT2D eigenvalue weighted by Gasteiger charge is -2.31. The van der Waals surface area contributed by atoms with Crippen LogP contribution in [0.4, 0.5) is 10.1 Å². The van der Waals surface area contributed by atoms with Gasteiger partial charge >= 0.3 is 0 Å². The van der Waals surface area contributed by atoms with E-state index < -0.39 is 21.4 Å². The fourth-order valence-electron chi connectivity index (χ4n) is 1.24. The summed E-state index contributed by atoms with van der Waals surface area (Å²) in [5.74, 6) is -0.685. The SMILES string of the molecule is CC(N)C(C)(C)Nc1ccc(S(N)(=O)=O)cc1F. The van der Waals surface area contributed by atoms with Crippen LogP contribution in [0, 0.1) is 5.82 Å². The number of hydrogen-bond donors (Lipinski definition) is 3. The van der Waals surface area contributed by atoms with E-state index in [9.17, 15) is 12.8 Å². The van der Waals surface area contributed by atoms with Crippen LogP contribution in [0.3, 0.4) is 0 Å². The number of rotatable bonds is 4. The molecule has 0 saturated carbocycles. The van der Waals surface area contributed by atoms with Gasteiger partial charge in [0.15, 0.2) is 0 Å². The number of benzene rings is 1. The molecule has 7 heteroatoms. The molecule has 1 unspecified atom stereocenters. The van der Waals surface area contributed by atoms with Gasteiger partial charge in [0.1, 0.15) is 5.82 Å². The van der Waals surface area contributed by atoms with Gasteiger partial charge in [-0.1, -0.05) is 0 Å². The van der Waals surface area contributed by atoms with E-state index in [4.69, 9.17) is 10.9 Å². The number of sulfonamides is 1. The molecule has 0 spiro atoms. The van der Waals surface area contributed by atoms with Crippen LogP contribution in [0.5, 0.6) is 0 Å². The number of nitrogens with one attached hydrogen (secondary N) is 1. The van der Waals surface area contributed by atoms with E-state index in [1.165, 1.54) is 12.1 Å². The Morgan fingerprint density at radius 3 is 2.33 bits per heavy atom. The minimum absolute atomic E-state index is 0.185. The molecule has 0 bridgehead atoms. The summed E-state index contributed by atoms with van der Waals surface area (Å²) in [6, 6.07) is 3.25. The smallest absolute Gasteiger partial charge is 0.238 e. The molecule has 0 aliphatic heterocycles. The van der Waals surface area contributed by atoms with E-state index in [1.54, 1.807) is 6.92 Å². The monoisotopic (exact) mass is 275 g/mol. The Bertz CT molecular complexity index is 541. The first kappa shape index (κ1) is 14.9. The summed E-state index contributed by atoms with van der Waals surface area (Å²) in [5, 5.41) is 7.85. The zero-order valence-corrected chi connectivity index (χ0v) is 11.4. The van der Waals surface area contributed by atoms with Crippen LogP contribution < -0.4 is 16.2 Å². The highest BCUT2D eigenvalue weighted by atomic mass is 32.2. The van der Waals surface area contributed by atoms with Gasteiger partial charge in [0.25, 0.3) is 0 Å². The maximum atomic E-state index is 13.8. The van der Waals surface area contributed by atoms with Gasteiger partial charge in [0.05, 0.1) is 10.6 Å². The van der Waals surface area contributed by atoms with Crippen LogP contribution >= 0.6 is 0 Å². The largest absolute Gasteiger partial charge is 0.376 e. The van der Waals surface area contributed by atoms with Gasteiger partial charge in [-0.2, -0.15) is 0 Å². The molecular formula is C11H18FN3O2S. The Balaban J connectivity index is 3.08. The van der Waals surface area contributed by atoms with E-state index in [0.717, 1.165) is 6.07 Å². The second kappa shape index (κ2) is 4.83. The molecule has 0 heterocycles. The molecule has 0 radical (unpaired) electrons. The summed E-state index contributed by atoms with van der Waals surface area (Å²) in [6.07, 6.45) is 0. The molecule has 18 heavy (non-hydrogen) atoms. The number of primary sulfonamides is 1. The number of hydrogen-bond acceptors (Lipinski definition) is 4. The van der Waals surface area contributed by atoms with E-state index in [0.29, 0.717) is 0 Å². The van der Waals surface area contributed by atoms with Crippen molar-refractivity contribution in [3.8, 4) is 0 Å². The van der Waals surface area contributed by atoms with Crippen molar-refractivity contribution in [3.05, 3.63) is 24.0 Å². The molecule has 0 aliphatic carbocycles. The van der Waals surface area contributed by atoms with Crippen LogP contribution in [0.1, 0.15) is 20.8 Å². The lowest BCUT2D eigenvalue weighted by molar-refractivity contribution is 0.466. The first-order chi connectivity index (χ1) is 8.04. The lowest BCUT2D eigenvalue weighted by Crippen LogP contribution is -2.47. The van der Waals surface area contributed by atoms with Gasteiger partial charge in [-0.3, -0.25) is 0 Å². The fraction of sp³-hybridized carbons (Fsp3) is 0.455. The summed E-state index contributed by atoms with van der Waals surface area (Å²) in [4.78, 5) is -0.260. The highest BCUT2D eigenvalue weighted by Gasteiger charge is 2.24. The molecule has 5 N–H and O–H groups in total. The molecule has 1 aromatic carbocycles. The van der Waals surface area contributed by atoms with Gasteiger partial charge in [-0.25, -0.2) is 17.9 Å². The first-order valence-electron chi connectivity index (χ1n) is 5.40. The normalized spacial score (nSPS) is 14.3. The third-order valence-electron chi connectivity index (χ3n) is 2.86. The Morgan fingerprint density at radius 2 is 1.94 bits per heavy atom. The van der Waals surface area contributed by atoms with Crippen molar-refractivity contribution in [2.75, 3.05) is 5.32 Å². The molecule has 0 aliphatic rings. The summed E-state index contributed by atoms with van der Waals surface area (Å²) >= 11 is 0. The molecule has 1 atom stereocenters. The predicted octanol–water partition coefficient (Wildman–Crippen LogP) is 1.01. The van der Waals surface area contributed by atoms with Gasteiger partial charge in [0, 0.05) is 11.6 Å². The van der Waals surface area contributed by atoms with Gasteiger partial charge in [-0.05, 0) is 39.0 Å². The van der Waals surface area contributed by atoms with E-state index >= 15 is 0 Å². The standard InChI is InChI=1S/C11H18FN3O2S/c1-7(13)11(2,3)15-10-5-4-8(6-9(10)12)18(14,16)17/h4-7,15H,13H2,1-3H3,(H2,14,16,17). The van der Waals surface area contributed by atoms with Crippen molar-refractivity contribution >= 4 is 15.7 Å². The molecule has 0 fully saturated rings. The van der Waals surface area contributed by atoms with Crippen LogP contribution in [0.2, 0.25) is 0 Å². The maximum Gasteiger partial charge on any atom is 0.238 e. The fourth-order valence-corrected chi connectivity index (χ4v) is 1.76. The van der Waals surface area contributed by atoms with E-state index in [-0.39, 0.29) is 16.6 Å². The van der Waals surface area contributed by atoms with Crippen LogP contribution in [-0.4, -0.2) is 20.0 Å². The Hall–Kier alpha value is -1.18. The molecule has 1 rings (SSSR count). The summed E-state index contributed by atoms with van der Waals surface area (Å²) < 4.78 is 35.9. The average molecular weight is 275 g/mol. The Kier molecular flexibility index (Phi) is 3.99. The van der Waals surface area contributed by atoms with E-state index in [1.807, 2.05) is 13.8 Å². The molecule has 102 valence electrons. The lowest BCUT2D eigenvalue weighted by atomic mass is 9.96. The van der Waals surface area contributed by atoms with Crippen molar-refractivity contribution in [3.63, 3.8) is 0 Å². The maximum absolute atomic E-state index is 13.8. The number of anilines is 1. The summed E-state index contributed by atoms with van der Waals surface area (Å²) in [6.45, 7) is 5.44. The molecule has 0 amide bonds. The first-order valence-corrected chi connectivity index (χ1v) is 6.95. The van der Waals surface area contributed by atoms with Crippen molar-refractivity contribution in [2.24, 2.45) is 10.9 Å². The Morgan fingerprint density at radius 1 is 1.39 bits per heavy atom. The average Bonchev–Trinajstić information content (AvgIpc) is 2.19. The van der Waals surface area contributed by atoms with Crippen molar-refractivity contribution in [2.45, 2.75) is 37.2 Å². The van der Waals surface area contributed by atoms with Crippen molar-refractivity contribution in [1.82, 2.24) is 0 Å². The third-order valence-corrected chi connectivity index (χ3v) is 3.78. The van der Waals surface area contributed by atoms with Crippen molar-refractivity contribution in [1.29, 1.82) is 0 Å². The summed E-state index contributed by atoms with van der Waals surface area (Å²) in [7, 11) is -3.89. The quantitative estimate of drug-likeness (QED) is 0.763. The third kappa shape index (κ3) is 3.41. The molecular weight excluding hydrogens is 257 g/mol. The number of halogens is 1. The van der Waals surface area contributed by atoms with Gasteiger partial charge in [-0.15, -0.1) is 0 Å². The topological polar surface area (TPSA) is 98.2 Å². The van der Waals surface area contributed by atoms with Crippen LogP contribution in [0.15, 0.2) is 23.1 Å². The number of nitrogens with two attached hydrogens (primary N) is 2. The molecule has 0 aromatic heterocycles. The minimum atomic E-state index is -3.89. The minimum Gasteiger partial charge on any atom is -0.376 e. The molecule has 5 nitrogen and oxygen atoms in total. The van der Waals surface area contributed by atoms with Gasteiger partial charge in [0.2, 0.25) is 10.0 Å². The second-order valence-electron chi connectivity index (χ2n) is 4.82. The summed E-state index contributed by atoms with van der Waals surface area (Å²) in [5.41, 5.74) is 5.43. The molecule has 0 saturated heterocycles. The predicted molar refractivity (Wildman–Crippen MR) is 69.1 cm³/mol. The zero-order valence-electron chi connectivity index (χ0n) is 10.6. The highest BCUT2D eigenvalue weighted by molar-refractivity contribution is 7.89. The molecule has 1 aromatic rings. The second-order valence-corrected chi connectivity index (χ2v) is 6.38. The van der Waals surface area contributed by atoms with E-state index in [2.05, 4.69) is 5.32 Å². The van der Waals surface area contributed by atoms with Gasteiger partial charge < -0.3 is 11.1 Å². The van der Waals surface area contributed by atoms with Crippen LogP contribution in [0.25, 0.3) is 0 Å². The van der Waals surface area contributed by atoms with Crippen molar-refractivity contribution < 1.29 is 12.8 Å². The zero-order chi connectivity index (χ0) is 14.1. The van der Waals surface area contributed by atoms with Crippen LogP contribution in [-0.2, 0) is 10.0 Å². The Labute approximate surface area is 106 Å².